The first-order valence-electron chi connectivity index (χ1n) is 12.4. The van der Waals surface area contributed by atoms with Crippen LogP contribution in [0.25, 0.3) is 11.2 Å². The first-order chi connectivity index (χ1) is 18.6. The molecule has 0 spiro atoms. The van der Waals surface area contributed by atoms with Crippen LogP contribution in [0.4, 0.5) is 11.8 Å². The molecule has 0 amide bonds. The summed E-state index contributed by atoms with van der Waals surface area (Å²) in [7, 11) is 1.73. The largest absolute Gasteiger partial charge is 0.462 e. The lowest BCUT2D eigenvalue weighted by Crippen LogP contribution is -2.36. The van der Waals surface area contributed by atoms with Gasteiger partial charge in [0, 0.05) is 7.05 Å². The highest BCUT2D eigenvalue weighted by molar-refractivity contribution is 8.09. The Hall–Kier alpha value is -3.27. The van der Waals surface area contributed by atoms with Crippen LogP contribution in [-0.4, -0.2) is 57.4 Å². The molecule has 0 radical (unpaired) electrons. The van der Waals surface area contributed by atoms with E-state index < -0.39 is 31.0 Å². The zero-order valence-electron chi connectivity index (χ0n) is 22.1. The van der Waals surface area contributed by atoms with Crippen LogP contribution in [-0.2, 0) is 30.6 Å². The maximum Gasteiger partial charge on any atom is 0.323 e. The Morgan fingerprint density at radius 2 is 2.08 bits per heavy atom. The molecule has 1 aliphatic rings. The van der Waals surface area contributed by atoms with Crippen molar-refractivity contribution >= 4 is 47.3 Å². The van der Waals surface area contributed by atoms with Gasteiger partial charge in [0.2, 0.25) is 5.95 Å². The molecule has 4 N–H and O–H groups in total. The third-order valence-electron chi connectivity index (χ3n) is 5.81. The van der Waals surface area contributed by atoms with Crippen LogP contribution in [0, 0.1) is 18.3 Å². The number of ether oxygens (including phenoxy) is 2. The van der Waals surface area contributed by atoms with Crippen LogP contribution < -0.4 is 20.7 Å². The molecule has 1 saturated heterocycles. The van der Waals surface area contributed by atoms with Gasteiger partial charge in [-0.2, -0.15) is 9.97 Å². The number of imidazole rings is 1. The highest BCUT2D eigenvalue weighted by Gasteiger charge is 2.38. The van der Waals surface area contributed by atoms with Crippen molar-refractivity contribution < 1.29 is 23.3 Å². The number of hydrogen-bond acceptors (Lipinski definition) is 11. The molecule has 12 nitrogen and oxygen atoms in total. The monoisotopic (exact) mass is 573 g/mol. The summed E-state index contributed by atoms with van der Waals surface area (Å²) < 4.78 is 25.6. The Morgan fingerprint density at radius 1 is 1.33 bits per heavy atom. The molecule has 0 unspecified atom stereocenters. The van der Waals surface area contributed by atoms with E-state index in [1.165, 1.54) is 0 Å². The third kappa shape index (κ3) is 6.84. The highest BCUT2D eigenvalue weighted by Crippen LogP contribution is 2.47. The maximum atomic E-state index is 12.5. The Morgan fingerprint density at radius 3 is 2.74 bits per heavy atom. The number of nitrogen functional groups attached to an aromatic ring is 1. The Labute approximate surface area is 232 Å². The highest BCUT2D eigenvalue weighted by atomic mass is 32.5. The average molecular weight is 574 g/mol. The lowest BCUT2D eigenvalue weighted by molar-refractivity contribution is -0.149. The number of esters is 1. The van der Waals surface area contributed by atoms with Crippen molar-refractivity contribution in [3.8, 4) is 18.1 Å². The lowest BCUT2D eigenvalue weighted by atomic mass is 10.0. The van der Waals surface area contributed by atoms with Gasteiger partial charge in [-0.1, -0.05) is 24.1 Å². The average Bonchev–Trinajstić information content (AvgIpc) is 3.50. The minimum Gasteiger partial charge on any atom is -0.462 e. The van der Waals surface area contributed by atoms with Gasteiger partial charge in [-0.05, 0) is 51.1 Å². The predicted octanol–water partition coefficient (Wildman–Crippen LogP) is 3.24. The van der Waals surface area contributed by atoms with E-state index in [0.29, 0.717) is 29.2 Å². The Bertz CT molecular complexity index is 1400. The number of nitrogens with zero attached hydrogens (tertiary/aromatic N) is 4. The van der Waals surface area contributed by atoms with Gasteiger partial charge in [-0.25, -0.2) is 10.1 Å². The number of carbonyl (C=O) groups excluding carboxylic acids is 1. The fraction of sp³-hybridized carbons (Fsp3) is 0.440. The van der Waals surface area contributed by atoms with Crippen LogP contribution in [0.1, 0.15) is 33.4 Å². The second kappa shape index (κ2) is 12.3. The number of fused-ring (bicyclic) bond motifs is 1. The van der Waals surface area contributed by atoms with Crippen molar-refractivity contribution in [1.82, 2.24) is 24.6 Å². The Balaban J connectivity index is 1.51. The van der Waals surface area contributed by atoms with E-state index in [1.54, 1.807) is 50.8 Å². The topological polar surface area (TPSA) is 148 Å². The molecule has 0 aliphatic carbocycles. The van der Waals surface area contributed by atoms with Gasteiger partial charge in [-0.15, -0.1) is 6.42 Å². The van der Waals surface area contributed by atoms with E-state index >= 15 is 0 Å². The molecular formula is C25H32N7O5PS. The molecule has 5 atom stereocenters. The molecular weight excluding hydrogens is 541 g/mol. The van der Waals surface area contributed by atoms with E-state index in [9.17, 15) is 4.79 Å². The molecule has 3 heterocycles. The van der Waals surface area contributed by atoms with Gasteiger partial charge in [0.05, 0.1) is 31.1 Å². The van der Waals surface area contributed by atoms with Crippen molar-refractivity contribution in [2.75, 3.05) is 24.7 Å². The number of rotatable bonds is 11. The summed E-state index contributed by atoms with van der Waals surface area (Å²) >= 11 is 5.80. The van der Waals surface area contributed by atoms with E-state index in [0.717, 1.165) is 0 Å². The normalized spacial score (nSPS) is 21.3. The third-order valence-corrected chi connectivity index (χ3v) is 8.31. The van der Waals surface area contributed by atoms with Crippen molar-refractivity contribution in [3.63, 3.8) is 0 Å². The smallest absolute Gasteiger partial charge is 0.323 e. The first kappa shape index (κ1) is 28.7. The summed E-state index contributed by atoms with van der Waals surface area (Å²) in [5, 5.41) is 6.01. The van der Waals surface area contributed by atoms with Gasteiger partial charge < -0.3 is 29.6 Å². The predicted molar refractivity (Wildman–Crippen MR) is 151 cm³/mol. The summed E-state index contributed by atoms with van der Waals surface area (Å²) in [6.07, 6.45) is 6.71. The van der Waals surface area contributed by atoms with Crippen LogP contribution in [0.15, 0.2) is 36.7 Å². The fourth-order valence-corrected chi connectivity index (χ4v) is 6.51. The molecule has 4 rings (SSSR count). The number of terminal acetylenes is 1. The quantitative estimate of drug-likeness (QED) is 0.176. The molecule has 14 heteroatoms. The SMILES string of the molecule is C#C[C@H]1C[C@@H](CO[P@@](=S)(N[C@@H](C)C(=O)OC(C)C)Oc2ccccc2)O[C@H]1n1cnc2c(NC)nc(N)nc21. The van der Waals surface area contributed by atoms with Gasteiger partial charge in [-0.3, -0.25) is 9.36 Å². The van der Waals surface area contributed by atoms with E-state index in [4.69, 9.17) is 42.5 Å². The van der Waals surface area contributed by atoms with Crippen molar-refractivity contribution in [2.24, 2.45) is 5.92 Å². The van der Waals surface area contributed by atoms with Crippen LogP contribution in [0.5, 0.6) is 5.75 Å². The number of anilines is 2. The van der Waals surface area contributed by atoms with E-state index in [2.05, 4.69) is 31.3 Å². The van der Waals surface area contributed by atoms with Crippen LogP contribution in [0.2, 0.25) is 0 Å². The molecule has 0 bridgehead atoms. The van der Waals surface area contributed by atoms with Crippen molar-refractivity contribution in [1.29, 1.82) is 0 Å². The zero-order valence-corrected chi connectivity index (χ0v) is 23.8. The number of carbonyl (C=O) groups is 1. The number of benzene rings is 1. The van der Waals surface area contributed by atoms with E-state index in [1.807, 2.05) is 18.2 Å². The number of hydrogen-bond donors (Lipinski definition) is 3. The minimum atomic E-state index is -3.23. The summed E-state index contributed by atoms with van der Waals surface area (Å²) in [4.78, 5) is 25.4. The van der Waals surface area contributed by atoms with Gasteiger partial charge in [0.15, 0.2) is 23.2 Å². The lowest BCUT2D eigenvalue weighted by Gasteiger charge is -2.27. The summed E-state index contributed by atoms with van der Waals surface area (Å²) in [5.41, 5.74) is 6.94. The number of para-hydroxylation sites is 1. The van der Waals surface area contributed by atoms with Crippen LogP contribution in [0.3, 0.4) is 0 Å². The van der Waals surface area contributed by atoms with Gasteiger partial charge in [0.25, 0.3) is 0 Å². The second-order valence-corrected chi connectivity index (χ2v) is 12.3. The fourth-order valence-electron chi connectivity index (χ4n) is 4.07. The zero-order chi connectivity index (χ0) is 28.2. The molecule has 1 fully saturated rings. The summed E-state index contributed by atoms with van der Waals surface area (Å²) in [6.45, 7) is 2.05. The van der Waals surface area contributed by atoms with Crippen molar-refractivity contribution in [3.05, 3.63) is 36.7 Å². The molecule has 1 aliphatic heterocycles. The Kier molecular flexibility index (Phi) is 9.04. The van der Waals surface area contributed by atoms with Gasteiger partial charge >= 0.3 is 12.6 Å². The van der Waals surface area contributed by atoms with Gasteiger partial charge in [0.1, 0.15) is 11.8 Å². The minimum absolute atomic E-state index is 0.0727. The maximum absolute atomic E-state index is 12.5. The number of nitrogens with two attached hydrogens (primary N) is 1. The summed E-state index contributed by atoms with van der Waals surface area (Å²) in [6, 6.07) is 8.25. The molecule has 3 aromatic rings. The van der Waals surface area contributed by atoms with Crippen LogP contribution >= 0.6 is 6.64 Å². The molecule has 2 aromatic heterocycles. The number of nitrogens with one attached hydrogen (secondary N) is 2. The van der Waals surface area contributed by atoms with Crippen molar-refractivity contribution in [2.45, 2.75) is 51.7 Å². The summed E-state index contributed by atoms with van der Waals surface area (Å²) in [5.74, 6) is 3.14. The second-order valence-electron chi connectivity index (χ2n) is 9.20. The molecule has 208 valence electrons. The molecule has 0 saturated carbocycles. The standard InChI is InChI=1S/C25H32N7O5PS/c1-6-17-12-19(36-23(17)32-14-28-20-21(27-5)29-25(26)30-22(20)32)13-34-38(39,37-18-10-8-7-9-11-18)31-16(4)24(33)35-15(2)3/h1,7-11,14-17,19,23H,12-13H2,2-5H3,(H,31,39)(H3,26,27,29,30)/t16-,17-,19-,23+,38-/m0/s1. The molecule has 1 aromatic carbocycles. The first-order valence-corrected chi connectivity index (χ1v) is 15.0. The number of aromatic nitrogens is 4. The van der Waals surface area contributed by atoms with E-state index in [-0.39, 0.29) is 24.6 Å². The molecule has 39 heavy (non-hydrogen) atoms.